The lowest BCUT2D eigenvalue weighted by Crippen LogP contribution is -2.51. The number of carbonyl (C=O) groups is 2. The number of hydrogen-bond acceptors (Lipinski definition) is 5. The molecule has 27 heavy (non-hydrogen) atoms. The number of alkyl halides is 3. The van der Waals surface area contributed by atoms with Crippen LogP contribution >= 0.6 is 11.8 Å². The topological polar surface area (TPSA) is 75.6 Å². The summed E-state index contributed by atoms with van der Waals surface area (Å²) in [6, 6.07) is 10.7. The molecule has 1 aliphatic heterocycles. The summed E-state index contributed by atoms with van der Waals surface area (Å²) in [6.07, 6.45) is -1.27. The first-order chi connectivity index (χ1) is 12.6. The van der Waals surface area contributed by atoms with Crippen molar-refractivity contribution >= 4 is 23.7 Å². The van der Waals surface area contributed by atoms with Crippen molar-refractivity contribution in [2.75, 3.05) is 12.9 Å². The molecule has 1 fully saturated rings. The minimum atomic E-state index is -5.08. The summed E-state index contributed by atoms with van der Waals surface area (Å²) in [4.78, 5) is 22.3. The van der Waals surface area contributed by atoms with Gasteiger partial charge >= 0.3 is 18.1 Å². The van der Waals surface area contributed by atoms with Gasteiger partial charge in [-0.3, -0.25) is 10.1 Å². The molecule has 0 aromatic heterocycles. The molecular weight excluding hydrogens is 383 g/mol. The fourth-order valence-electron chi connectivity index (χ4n) is 2.78. The van der Waals surface area contributed by atoms with Crippen LogP contribution in [0.3, 0.4) is 0 Å². The van der Waals surface area contributed by atoms with Crippen LogP contribution in [0.1, 0.15) is 32.6 Å². The number of methoxy groups -OCH3 is 1. The van der Waals surface area contributed by atoms with Gasteiger partial charge in [-0.05, 0) is 37.8 Å². The highest BCUT2D eigenvalue weighted by Gasteiger charge is 2.44. The molecule has 2 rings (SSSR count). The molecule has 2 atom stereocenters. The molecule has 1 aromatic rings. The second-order valence-corrected chi connectivity index (χ2v) is 7.24. The van der Waals surface area contributed by atoms with E-state index in [2.05, 4.69) is 24.4 Å². The van der Waals surface area contributed by atoms with E-state index in [0.29, 0.717) is 6.04 Å². The lowest BCUT2D eigenvalue weighted by molar-refractivity contribution is -0.192. The van der Waals surface area contributed by atoms with E-state index in [0.717, 1.165) is 31.4 Å². The van der Waals surface area contributed by atoms with Crippen LogP contribution < -0.4 is 5.32 Å². The van der Waals surface area contributed by atoms with Crippen molar-refractivity contribution in [3.63, 3.8) is 0 Å². The SMILES string of the molecule is CC[C@H]1CC[C@](CCSc2ccccc2)(C(=O)OC)N1.O=C(O)C(F)(F)F. The van der Waals surface area contributed by atoms with Gasteiger partial charge in [-0.25, -0.2) is 4.79 Å². The van der Waals surface area contributed by atoms with Crippen LogP contribution in [-0.2, 0) is 14.3 Å². The summed E-state index contributed by atoms with van der Waals surface area (Å²) in [6.45, 7) is 2.16. The second kappa shape index (κ2) is 10.6. The Hall–Kier alpha value is -1.74. The minimum absolute atomic E-state index is 0.109. The minimum Gasteiger partial charge on any atom is -0.475 e. The molecule has 0 amide bonds. The Morgan fingerprint density at radius 2 is 1.93 bits per heavy atom. The summed E-state index contributed by atoms with van der Waals surface area (Å²) in [5.74, 6) is -1.95. The normalized spacial score (nSPS) is 21.9. The largest absolute Gasteiger partial charge is 0.490 e. The highest BCUT2D eigenvalue weighted by atomic mass is 32.2. The third kappa shape index (κ3) is 7.42. The zero-order valence-corrected chi connectivity index (χ0v) is 16.0. The van der Waals surface area contributed by atoms with Crippen LogP contribution in [0.5, 0.6) is 0 Å². The first-order valence-electron chi connectivity index (χ1n) is 8.48. The predicted molar refractivity (Wildman–Crippen MR) is 96.7 cm³/mol. The van der Waals surface area contributed by atoms with Crippen molar-refractivity contribution in [2.45, 2.75) is 55.3 Å². The van der Waals surface area contributed by atoms with Crippen LogP contribution in [0.2, 0.25) is 0 Å². The maximum atomic E-state index is 12.1. The maximum Gasteiger partial charge on any atom is 0.490 e. The van der Waals surface area contributed by atoms with Gasteiger partial charge in [0.1, 0.15) is 5.54 Å². The van der Waals surface area contributed by atoms with Crippen molar-refractivity contribution in [1.82, 2.24) is 5.32 Å². The third-order valence-corrected chi connectivity index (χ3v) is 5.27. The van der Waals surface area contributed by atoms with E-state index in [1.54, 1.807) is 11.8 Å². The quantitative estimate of drug-likeness (QED) is 0.551. The van der Waals surface area contributed by atoms with E-state index >= 15 is 0 Å². The Morgan fingerprint density at radius 3 is 2.37 bits per heavy atom. The molecule has 1 heterocycles. The van der Waals surface area contributed by atoms with Gasteiger partial charge in [-0.15, -0.1) is 11.8 Å². The van der Waals surface area contributed by atoms with Gasteiger partial charge in [-0.2, -0.15) is 13.2 Å². The molecule has 0 unspecified atom stereocenters. The van der Waals surface area contributed by atoms with Crippen LogP contribution in [0.15, 0.2) is 35.2 Å². The number of rotatable bonds is 6. The Balaban J connectivity index is 0.000000445. The molecule has 0 aliphatic carbocycles. The number of carbonyl (C=O) groups excluding carboxylic acids is 1. The van der Waals surface area contributed by atoms with Gasteiger partial charge in [0.2, 0.25) is 0 Å². The molecule has 152 valence electrons. The van der Waals surface area contributed by atoms with Crippen molar-refractivity contribution in [1.29, 1.82) is 0 Å². The van der Waals surface area contributed by atoms with Crippen LogP contribution in [0.4, 0.5) is 13.2 Å². The molecular formula is C18H24F3NO4S. The van der Waals surface area contributed by atoms with E-state index in [-0.39, 0.29) is 5.97 Å². The summed E-state index contributed by atoms with van der Waals surface area (Å²) >= 11 is 1.79. The summed E-state index contributed by atoms with van der Waals surface area (Å²) < 4.78 is 36.8. The fourth-order valence-corrected chi connectivity index (χ4v) is 3.81. The number of hydrogen-bond donors (Lipinski definition) is 2. The predicted octanol–water partition coefficient (Wildman–Crippen LogP) is 3.88. The molecule has 0 spiro atoms. The molecule has 0 saturated carbocycles. The average Bonchev–Trinajstić information content (AvgIpc) is 3.06. The standard InChI is InChI=1S/C16H23NO2S.C2HF3O2/c1-3-13-9-10-16(17-13,15(18)19-2)11-12-20-14-7-5-4-6-8-14;3-2(4,5)1(6)7/h4-8,13,17H,3,9-12H2,1-2H3;(H,6,7)/t13-,16-;/m0./s1. The Bertz CT molecular complexity index is 612. The van der Waals surface area contributed by atoms with Gasteiger partial charge < -0.3 is 9.84 Å². The first-order valence-corrected chi connectivity index (χ1v) is 9.47. The Kier molecular flexibility index (Phi) is 9.11. The molecule has 1 saturated heterocycles. The highest BCUT2D eigenvalue weighted by Crippen LogP contribution is 2.32. The lowest BCUT2D eigenvalue weighted by Gasteiger charge is -2.27. The van der Waals surface area contributed by atoms with E-state index < -0.39 is 17.7 Å². The number of aliphatic carboxylic acids is 1. The maximum absolute atomic E-state index is 12.1. The first kappa shape index (κ1) is 23.3. The molecule has 1 aliphatic rings. The Labute approximate surface area is 160 Å². The number of thioether (sulfide) groups is 1. The smallest absolute Gasteiger partial charge is 0.475 e. The summed E-state index contributed by atoms with van der Waals surface area (Å²) in [5.41, 5.74) is -0.475. The monoisotopic (exact) mass is 407 g/mol. The third-order valence-electron chi connectivity index (χ3n) is 4.25. The molecule has 1 aromatic carbocycles. The molecule has 2 N–H and O–H groups in total. The highest BCUT2D eigenvalue weighted by molar-refractivity contribution is 7.99. The number of carboxylic acids is 1. The number of nitrogens with one attached hydrogen (secondary N) is 1. The lowest BCUT2D eigenvalue weighted by atomic mass is 9.94. The molecule has 0 radical (unpaired) electrons. The van der Waals surface area contributed by atoms with Crippen molar-refractivity contribution < 1.29 is 32.6 Å². The van der Waals surface area contributed by atoms with Gasteiger partial charge in [0.05, 0.1) is 7.11 Å². The molecule has 5 nitrogen and oxygen atoms in total. The van der Waals surface area contributed by atoms with Gasteiger partial charge in [0, 0.05) is 16.7 Å². The fraction of sp³-hybridized carbons (Fsp3) is 0.556. The average molecular weight is 407 g/mol. The van der Waals surface area contributed by atoms with E-state index in [1.807, 2.05) is 18.2 Å². The number of ether oxygens (including phenoxy) is 1. The van der Waals surface area contributed by atoms with E-state index in [9.17, 15) is 18.0 Å². The van der Waals surface area contributed by atoms with Crippen molar-refractivity contribution in [3.05, 3.63) is 30.3 Å². The van der Waals surface area contributed by atoms with Gasteiger partial charge in [-0.1, -0.05) is 25.1 Å². The Morgan fingerprint density at radius 1 is 1.33 bits per heavy atom. The van der Waals surface area contributed by atoms with Gasteiger partial charge in [0.25, 0.3) is 0 Å². The van der Waals surface area contributed by atoms with E-state index in [4.69, 9.17) is 14.6 Å². The zero-order valence-electron chi connectivity index (χ0n) is 15.2. The number of halogens is 3. The van der Waals surface area contributed by atoms with Crippen LogP contribution in [0.25, 0.3) is 0 Å². The number of carboxylic acid groups (broad SMARTS) is 1. The second-order valence-electron chi connectivity index (χ2n) is 6.08. The van der Waals surface area contributed by atoms with Crippen molar-refractivity contribution in [3.8, 4) is 0 Å². The summed E-state index contributed by atoms with van der Waals surface area (Å²) in [5, 5.41) is 10.6. The van der Waals surface area contributed by atoms with Crippen LogP contribution in [0, 0.1) is 0 Å². The molecule has 0 bridgehead atoms. The van der Waals surface area contributed by atoms with E-state index in [1.165, 1.54) is 12.0 Å². The zero-order chi connectivity index (χ0) is 20.5. The van der Waals surface area contributed by atoms with Gasteiger partial charge in [0.15, 0.2) is 0 Å². The number of esters is 1. The summed E-state index contributed by atoms with van der Waals surface area (Å²) in [7, 11) is 1.48. The molecule has 9 heteroatoms. The van der Waals surface area contributed by atoms with Crippen LogP contribution in [-0.4, -0.2) is 47.7 Å². The van der Waals surface area contributed by atoms with Crippen molar-refractivity contribution in [2.24, 2.45) is 0 Å². The number of benzene rings is 1.